The molecule has 8 heavy (non-hydrogen) atoms. The van der Waals surface area contributed by atoms with Crippen molar-refractivity contribution >= 4 is 0 Å². The molecule has 1 atom stereocenters. The highest BCUT2D eigenvalue weighted by Crippen LogP contribution is 1.94. The minimum Gasteiger partial charge on any atom is -0.510 e. The predicted molar refractivity (Wildman–Crippen MR) is 32.6 cm³/mol. The van der Waals surface area contributed by atoms with Crippen LogP contribution in [0, 0.1) is 0 Å². The van der Waals surface area contributed by atoms with Crippen molar-refractivity contribution in [1.82, 2.24) is 0 Å². The van der Waals surface area contributed by atoms with Crippen LogP contribution in [0.2, 0.25) is 0 Å². The zero-order valence-electron chi connectivity index (χ0n) is 4.83. The molecular formula is C6H10O2. The Morgan fingerprint density at radius 2 is 2.25 bits per heavy atom. The minimum atomic E-state index is -0.903. The average Bonchev–Trinajstić information content (AvgIpc) is 1.67. The van der Waals surface area contributed by atoms with E-state index in [-0.39, 0.29) is 5.76 Å². The Bertz CT molecular complexity index is 105. The number of rotatable bonds is 2. The maximum atomic E-state index is 8.69. The SMILES string of the molecule is C=C(O)C(O)/C=C/C. The van der Waals surface area contributed by atoms with Crippen LogP contribution in [0.5, 0.6) is 0 Å². The van der Waals surface area contributed by atoms with Gasteiger partial charge in [0.15, 0.2) is 0 Å². The Morgan fingerprint density at radius 1 is 1.75 bits per heavy atom. The standard InChI is InChI=1S/C6H10O2/c1-3-4-6(8)5(2)7/h3-4,6-8H,2H2,1H3/b4-3+. The van der Waals surface area contributed by atoms with Gasteiger partial charge in [-0.25, -0.2) is 0 Å². The third-order valence-electron chi connectivity index (χ3n) is 0.716. The number of hydrogen-bond acceptors (Lipinski definition) is 2. The second kappa shape index (κ2) is 3.27. The maximum Gasteiger partial charge on any atom is 0.128 e. The Balaban J connectivity index is 3.64. The van der Waals surface area contributed by atoms with Gasteiger partial charge in [0, 0.05) is 0 Å². The zero-order chi connectivity index (χ0) is 6.57. The van der Waals surface area contributed by atoms with E-state index in [1.807, 2.05) is 0 Å². The van der Waals surface area contributed by atoms with Crippen molar-refractivity contribution in [3.8, 4) is 0 Å². The molecule has 0 radical (unpaired) electrons. The van der Waals surface area contributed by atoms with Crippen molar-refractivity contribution in [3.05, 3.63) is 24.5 Å². The van der Waals surface area contributed by atoms with Crippen LogP contribution in [0.15, 0.2) is 24.5 Å². The summed E-state index contributed by atoms with van der Waals surface area (Å²) in [5, 5.41) is 17.1. The van der Waals surface area contributed by atoms with E-state index in [4.69, 9.17) is 10.2 Å². The number of allylic oxidation sites excluding steroid dienone is 1. The van der Waals surface area contributed by atoms with Crippen LogP contribution in [0.3, 0.4) is 0 Å². The van der Waals surface area contributed by atoms with Crippen molar-refractivity contribution in [2.75, 3.05) is 0 Å². The summed E-state index contributed by atoms with van der Waals surface area (Å²) in [6.07, 6.45) is 2.19. The molecule has 1 unspecified atom stereocenters. The van der Waals surface area contributed by atoms with Gasteiger partial charge in [-0.15, -0.1) is 0 Å². The van der Waals surface area contributed by atoms with E-state index >= 15 is 0 Å². The van der Waals surface area contributed by atoms with E-state index in [2.05, 4.69) is 6.58 Å². The molecule has 0 aromatic carbocycles. The van der Waals surface area contributed by atoms with Crippen LogP contribution in [-0.4, -0.2) is 16.3 Å². The number of hydrogen-bond donors (Lipinski definition) is 2. The predicted octanol–water partition coefficient (Wildman–Crippen LogP) is 0.995. The van der Waals surface area contributed by atoms with Crippen molar-refractivity contribution in [1.29, 1.82) is 0 Å². The van der Waals surface area contributed by atoms with Crippen LogP contribution in [0.1, 0.15) is 6.92 Å². The molecule has 2 N–H and O–H groups in total. The van der Waals surface area contributed by atoms with Crippen LogP contribution < -0.4 is 0 Å². The summed E-state index contributed by atoms with van der Waals surface area (Å²) < 4.78 is 0. The normalized spacial score (nSPS) is 14.2. The van der Waals surface area contributed by atoms with E-state index < -0.39 is 6.10 Å². The average molecular weight is 114 g/mol. The van der Waals surface area contributed by atoms with Gasteiger partial charge >= 0.3 is 0 Å². The molecule has 0 aliphatic rings. The minimum absolute atomic E-state index is 0.219. The van der Waals surface area contributed by atoms with Gasteiger partial charge in [0.1, 0.15) is 11.9 Å². The van der Waals surface area contributed by atoms with Gasteiger partial charge in [-0.05, 0) is 6.92 Å². The van der Waals surface area contributed by atoms with Crippen LogP contribution in [0.4, 0.5) is 0 Å². The molecule has 0 amide bonds. The fraction of sp³-hybridized carbons (Fsp3) is 0.333. The van der Waals surface area contributed by atoms with Crippen molar-refractivity contribution in [2.24, 2.45) is 0 Å². The van der Waals surface area contributed by atoms with Gasteiger partial charge in [-0.3, -0.25) is 0 Å². The summed E-state index contributed by atoms with van der Waals surface area (Å²) >= 11 is 0. The number of aliphatic hydroxyl groups excluding tert-OH is 2. The molecule has 0 aromatic heterocycles. The molecule has 2 nitrogen and oxygen atoms in total. The van der Waals surface area contributed by atoms with Crippen LogP contribution in [-0.2, 0) is 0 Å². The maximum absolute atomic E-state index is 8.69. The Morgan fingerprint density at radius 3 is 2.38 bits per heavy atom. The summed E-state index contributed by atoms with van der Waals surface area (Å²) in [4.78, 5) is 0. The second-order valence-corrected chi connectivity index (χ2v) is 1.46. The van der Waals surface area contributed by atoms with E-state index in [1.54, 1.807) is 13.0 Å². The molecule has 46 valence electrons. The molecule has 0 heterocycles. The van der Waals surface area contributed by atoms with E-state index in [1.165, 1.54) is 6.08 Å². The third-order valence-corrected chi connectivity index (χ3v) is 0.716. The summed E-state index contributed by atoms with van der Waals surface area (Å²) in [7, 11) is 0. The fourth-order valence-electron chi connectivity index (χ4n) is 0.293. The van der Waals surface area contributed by atoms with Crippen molar-refractivity contribution in [2.45, 2.75) is 13.0 Å². The van der Waals surface area contributed by atoms with E-state index in [0.717, 1.165) is 0 Å². The smallest absolute Gasteiger partial charge is 0.128 e. The van der Waals surface area contributed by atoms with Crippen molar-refractivity contribution < 1.29 is 10.2 Å². The first-order valence-electron chi connectivity index (χ1n) is 2.37. The number of aliphatic hydroxyl groups is 2. The van der Waals surface area contributed by atoms with Gasteiger partial charge in [-0.2, -0.15) is 0 Å². The molecule has 0 spiro atoms. The molecule has 0 aliphatic heterocycles. The first-order valence-corrected chi connectivity index (χ1v) is 2.37. The summed E-state index contributed by atoms with van der Waals surface area (Å²) in [5.74, 6) is -0.219. The summed E-state index contributed by atoms with van der Waals surface area (Å²) in [6, 6.07) is 0. The lowest BCUT2D eigenvalue weighted by Gasteiger charge is -1.99. The Hall–Kier alpha value is -0.760. The van der Waals surface area contributed by atoms with Gasteiger partial charge in [0.25, 0.3) is 0 Å². The first-order chi connectivity index (χ1) is 3.68. The lowest BCUT2D eigenvalue weighted by Crippen LogP contribution is -2.03. The van der Waals surface area contributed by atoms with Crippen LogP contribution in [0.25, 0.3) is 0 Å². The van der Waals surface area contributed by atoms with Gasteiger partial charge < -0.3 is 10.2 Å². The van der Waals surface area contributed by atoms with Crippen molar-refractivity contribution in [3.63, 3.8) is 0 Å². The molecule has 0 bridgehead atoms. The molecule has 2 heteroatoms. The molecule has 0 saturated heterocycles. The monoisotopic (exact) mass is 114 g/mol. The first kappa shape index (κ1) is 7.24. The lowest BCUT2D eigenvalue weighted by molar-refractivity contribution is 0.194. The Kier molecular flexibility index (Phi) is 2.96. The molecule has 0 aromatic rings. The summed E-state index contributed by atoms with van der Waals surface area (Å²) in [5.41, 5.74) is 0. The largest absolute Gasteiger partial charge is 0.510 e. The van der Waals surface area contributed by atoms with E-state index in [9.17, 15) is 0 Å². The zero-order valence-corrected chi connectivity index (χ0v) is 4.83. The highest BCUT2D eigenvalue weighted by molar-refractivity contribution is 5.01. The van der Waals surface area contributed by atoms with Gasteiger partial charge in [0.2, 0.25) is 0 Å². The highest BCUT2D eigenvalue weighted by Gasteiger charge is 1.97. The molecule has 0 fully saturated rings. The van der Waals surface area contributed by atoms with Gasteiger partial charge in [0.05, 0.1) is 0 Å². The summed E-state index contributed by atoms with van der Waals surface area (Å²) in [6.45, 7) is 4.88. The molecule has 0 rings (SSSR count). The molecular weight excluding hydrogens is 104 g/mol. The second-order valence-electron chi connectivity index (χ2n) is 1.46. The molecule has 0 saturated carbocycles. The fourth-order valence-corrected chi connectivity index (χ4v) is 0.293. The lowest BCUT2D eigenvalue weighted by atomic mass is 10.3. The quantitative estimate of drug-likeness (QED) is 0.415. The molecule has 0 aliphatic carbocycles. The topological polar surface area (TPSA) is 40.5 Å². The Labute approximate surface area is 48.8 Å². The van der Waals surface area contributed by atoms with E-state index in [0.29, 0.717) is 0 Å². The van der Waals surface area contributed by atoms with Crippen LogP contribution >= 0.6 is 0 Å². The van der Waals surface area contributed by atoms with Gasteiger partial charge in [-0.1, -0.05) is 18.7 Å². The third kappa shape index (κ3) is 2.42. The highest BCUT2D eigenvalue weighted by atomic mass is 16.3.